The van der Waals surface area contributed by atoms with Crippen LogP contribution in [0, 0.1) is 0 Å². The number of thiazole rings is 1. The Morgan fingerprint density at radius 2 is 1.68 bits per heavy atom. The number of amides is 1. The molecule has 3 aromatic rings. The lowest BCUT2D eigenvalue weighted by molar-refractivity contribution is -0.129. The zero-order valence-electron chi connectivity index (χ0n) is 15.8. The van der Waals surface area contributed by atoms with E-state index in [1.54, 1.807) is 12.4 Å². The normalized spacial score (nSPS) is 12.5. The summed E-state index contributed by atoms with van der Waals surface area (Å²) in [5.74, 6) is -1.19. The van der Waals surface area contributed by atoms with Crippen LogP contribution in [0.3, 0.4) is 0 Å². The van der Waals surface area contributed by atoms with Gasteiger partial charge in [0.25, 0.3) is 0 Å². The third-order valence-corrected chi connectivity index (χ3v) is 6.90. The predicted octanol–water partition coefficient (Wildman–Crippen LogP) is 3.94. The van der Waals surface area contributed by atoms with Crippen molar-refractivity contribution < 1.29 is 13.2 Å². The summed E-state index contributed by atoms with van der Waals surface area (Å²) >= 11 is 1.40. The summed E-state index contributed by atoms with van der Waals surface area (Å²) in [5, 5.41) is 2.51. The van der Waals surface area contributed by atoms with E-state index in [4.69, 9.17) is 0 Å². The largest absolute Gasteiger partial charge is 0.338 e. The standard InChI is InChI=1S/C21H22N2O3S2/c1-16(17-9-5-3-6-10-17)23(2)20(24)15-28(25,26)14-19-13-27-21(22-19)18-11-7-4-8-12-18/h3-13,16H,14-15H2,1-2H3. The lowest BCUT2D eigenvalue weighted by Gasteiger charge is -2.25. The number of sulfone groups is 1. The van der Waals surface area contributed by atoms with Crippen molar-refractivity contribution in [3.8, 4) is 10.6 Å². The molecule has 3 rings (SSSR count). The fourth-order valence-corrected chi connectivity index (χ4v) is 5.04. The number of benzene rings is 2. The van der Waals surface area contributed by atoms with E-state index in [2.05, 4.69) is 4.98 Å². The molecule has 1 aromatic heterocycles. The highest BCUT2D eigenvalue weighted by atomic mass is 32.2. The second-order valence-corrected chi connectivity index (χ2v) is 9.56. The minimum atomic E-state index is -3.61. The third kappa shape index (κ3) is 5.05. The quantitative estimate of drug-likeness (QED) is 0.587. The summed E-state index contributed by atoms with van der Waals surface area (Å²) in [7, 11) is -1.98. The van der Waals surface area contributed by atoms with Gasteiger partial charge >= 0.3 is 0 Å². The van der Waals surface area contributed by atoms with Gasteiger partial charge in [0.2, 0.25) is 5.91 Å². The number of carbonyl (C=O) groups is 1. The summed E-state index contributed by atoms with van der Waals surface area (Å²) in [4.78, 5) is 18.4. The van der Waals surface area contributed by atoms with Crippen LogP contribution in [0.4, 0.5) is 0 Å². The minimum Gasteiger partial charge on any atom is -0.338 e. The highest BCUT2D eigenvalue weighted by molar-refractivity contribution is 7.91. The molecule has 1 unspecified atom stereocenters. The van der Waals surface area contributed by atoms with Crippen LogP contribution in [-0.4, -0.2) is 37.0 Å². The summed E-state index contributed by atoms with van der Waals surface area (Å²) in [6.07, 6.45) is 0. The highest BCUT2D eigenvalue weighted by Crippen LogP contribution is 2.24. The Morgan fingerprint density at radius 1 is 1.07 bits per heavy atom. The summed E-state index contributed by atoms with van der Waals surface area (Å²) in [6, 6.07) is 18.9. The molecule has 0 N–H and O–H groups in total. The Hall–Kier alpha value is -2.51. The maximum absolute atomic E-state index is 12.5. The molecule has 0 spiro atoms. The second-order valence-electron chi connectivity index (χ2n) is 6.63. The van der Waals surface area contributed by atoms with E-state index in [-0.39, 0.29) is 11.8 Å². The van der Waals surface area contributed by atoms with Crippen LogP contribution < -0.4 is 0 Å². The Labute approximate surface area is 169 Å². The van der Waals surface area contributed by atoms with Crippen LogP contribution in [0.2, 0.25) is 0 Å². The van der Waals surface area contributed by atoms with Crippen molar-refractivity contribution in [3.63, 3.8) is 0 Å². The Morgan fingerprint density at radius 3 is 2.32 bits per heavy atom. The molecule has 0 aliphatic carbocycles. The second kappa shape index (κ2) is 8.67. The number of aromatic nitrogens is 1. The molecule has 0 aliphatic heterocycles. The topological polar surface area (TPSA) is 67.3 Å². The van der Waals surface area contributed by atoms with Gasteiger partial charge in [-0.3, -0.25) is 4.79 Å². The van der Waals surface area contributed by atoms with Gasteiger partial charge < -0.3 is 4.90 Å². The molecular formula is C21H22N2O3S2. The number of nitrogens with zero attached hydrogens (tertiary/aromatic N) is 2. The molecule has 2 aromatic carbocycles. The molecule has 0 bridgehead atoms. The number of carbonyl (C=O) groups excluding carboxylic acids is 1. The van der Waals surface area contributed by atoms with Crippen LogP contribution in [0.5, 0.6) is 0 Å². The van der Waals surface area contributed by atoms with Gasteiger partial charge in [-0.25, -0.2) is 13.4 Å². The molecule has 1 amide bonds. The summed E-state index contributed by atoms with van der Waals surface area (Å²) in [5.41, 5.74) is 2.38. The van der Waals surface area contributed by atoms with Crippen molar-refractivity contribution in [2.75, 3.05) is 12.8 Å². The Bertz CT molecular complexity index is 1030. The van der Waals surface area contributed by atoms with Crippen molar-refractivity contribution in [2.45, 2.75) is 18.7 Å². The fraction of sp³-hybridized carbons (Fsp3) is 0.238. The van der Waals surface area contributed by atoms with Crippen molar-refractivity contribution >= 4 is 27.1 Å². The van der Waals surface area contributed by atoms with Gasteiger partial charge in [-0.1, -0.05) is 60.7 Å². The van der Waals surface area contributed by atoms with Gasteiger partial charge in [-0.05, 0) is 12.5 Å². The van der Waals surface area contributed by atoms with E-state index in [9.17, 15) is 13.2 Å². The number of hydrogen-bond donors (Lipinski definition) is 0. The Balaban J connectivity index is 1.65. The first-order chi connectivity index (χ1) is 13.4. The minimum absolute atomic E-state index is 0.201. The summed E-state index contributed by atoms with van der Waals surface area (Å²) < 4.78 is 25.1. The van der Waals surface area contributed by atoms with Crippen LogP contribution >= 0.6 is 11.3 Å². The SMILES string of the molecule is CC(c1ccccc1)N(C)C(=O)CS(=O)(=O)Cc1csc(-c2ccccc2)n1. The maximum atomic E-state index is 12.5. The maximum Gasteiger partial charge on any atom is 0.238 e. The van der Waals surface area contributed by atoms with E-state index in [1.165, 1.54) is 16.2 Å². The van der Waals surface area contributed by atoms with Crippen molar-refractivity contribution in [2.24, 2.45) is 0 Å². The smallest absolute Gasteiger partial charge is 0.238 e. The van der Waals surface area contributed by atoms with E-state index in [0.29, 0.717) is 5.69 Å². The molecule has 0 aliphatic rings. The van der Waals surface area contributed by atoms with Gasteiger partial charge in [-0.2, -0.15) is 0 Å². The average Bonchev–Trinajstić information content (AvgIpc) is 3.15. The van der Waals surface area contributed by atoms with Crippen molar-refractivity contribution in [3.05, 3.63) is 77.3 Å². The molecule has 28 heavy (non-hydrogen) atoms. The first-order valence-corrected chi connectivity index (χ1v) is 11.6. The van der Waals surface area contributed by atoms with Crippen LogP contribution in [-0.2, 0) is 20.4 Å². The van der Waals surface area contributed by atoms with E-state index in [1.807, 2.05) is 67.6 Å². The average molecular weight is 415 g/mol. The van der Waals surface area contributed by atoms with E-state index in [0.717, 1.165) is 16.1 Å². The van der Waals surface area contributed by atoms with E-state index < -0.39 is 21.5 Å². The first kappa shape index (κ1) is 20.2. The summed E-state index contributed by atoms with van der Waals surface area (Å²) in [6.45, 7) is 1.88. The molecule has 1 atom stereocenters. The van der Waals surface area contributed by atoms with Gasteiger partial charge in [0.1, 0.15) is 10.8 Å². The first-order valence-electron chi connectivity index (χ1n) is 8.86. The van der Waals surface area contributed by atoms with Crippen LogP contribution in [0.25, 0.3) is 10.6 Å². The molecular weight excluding hydrogens is 392 g/mol. The molecule has 0 saturated heterocycles. The van der Waals surface area contributed by atoms with Crippen LogP contribution in [0.15, 0.2) is 66.0 Å². The predicted molar refractivity (Wildman–Crippen MR) is 113 cm³/mol. The zero-order chi connectivity index (χ0) is 20.1. The molecule has 1 heterocycles. The molecule has 7 heteroatoms. The van der Waals surface area contributed by atoms with Crippen molar-refractivity contribution in [1.29, 1.82) is 0 Å². The highest BCUT2D eigenvalue weighted by Gasteiger charge is 2.24. The fourth-order valence-electron chi connectivity index (χ4n) is 2.82. The molecule has 0 saturated carbocycles. The van der Waals surface area contributed by atoms with Gasteiger partial charge in [0, 0.05) is 18.0 Å². The van der Waals surface area contributed by atoms with Gasteiger partial charge in [0.15, 0.2) is 9.84 Å². The zero-order valence-corrected chi connectivity index (χ0v) is 17.4. The molecule has 146 valence electrons. The van der Waals surface area contributed by atoms with Gasteiger partial charge in [0.05, 0.1) is 17.5 Å². The number of rotatable bonds is 7. The number of hydrogen-bond acceptors (Lipinski definition) is 5. The lowest BCUT2D eigenvalue weighted by atomic mass is 10.1. The molecule has 0 radical (unpaired) electrons. The van der Waals surface area contributed by atoms with Gasteiger partial charge in [-0.15, -0.1) is 11.3 Å². The van der Waals surface area contributed by atoms with Crippen LogP contribution in [0.1, 0.15) is 24.2 Å². The third-order valence-electron chi connectivity index (χ3n) is 4.54. The lowest BCUT2D eigenvalue weighted by Crippen LogP contribution is -2.34. The molecule has 5 nitrogen and oxygen atoms in total. The van der Waals surface area contributed by atoms with E-state index >= 15 is 0 Å². The molecule has 0 fully saturated rings. The monoisotopic (exact) mass is 414 g/mol. The Kier molecular flexibility index (Phi) is 6.26. The van der Waals surface area contributed by atoms with Crippen molar-refractivity contribution in [1.82, 2.24) is 9.88 Å².